The molecule has 0 saturated carbocycles. The number of benzene rings is 1. The fraction of sp³-hybridized carbons (Fsp3) is 0.333. The monoisotopic (exact) mass is 224 g/mol. The van der Waals surface area contributed by atoms with Gasteiger partial charge >= 0.3 is 6.61 Å². The Bertz CT molecular complexity index is 341. The van der Waals surface area contributed by atoms with Gasteiger partial charge in [-0.1, -0.05) is 0 Å². The molecule has 0 unspecified atom stereocenters. The van der Waals surface area contributed by atoms with E-state index in [-0.39, 0.29) is 12.4 Å². The summed E-state index contributed by atoms with van der Waals surface area (Å²) in [6.07, 6.45) is 0. The highest BCUT2D eigenvalue weighted by atomic mass is 19.3. The van der Waals surface area contributed by atoms with Crippen molar-refractivity contribution in [2.45, 2.75) is 13.5 Å². The summed E-state index contributed by atoms with van der Waals surface area (Å²) in [5.41, 5.74) is 0. The van der Waals surface area contributed by atoms with Crippen LogP contribution in [0, 0.1) is 11.6 Å². The molecule has 0 aliphatic carbocycles. The summed E-state index contributed by atoms with van der Waals surface area (Å²) in [6, 6.07) is 1.63. The summed E-state index contributed by atoms with van der Waals surface area (Å²) < 4.78 is 57.9. The molecule has 0 aromatic heterocycles. The standard InChI is InChI=1S/C9H8F4O2/c1-2-14-5-3-6(10)8(11)7(4-5)15-9(12)13/h3-4,9H,2H2,1H3. The SMILES string of the molecule is CCOc1cc(F)c(F)c(OC(F)F)c1. The Morgan fingerprint density at radius 3 is 2.47 bits per heavy atom. The molecule has 0 amide bonds. The summed E-state index contributed by atoms with van der Waals surface area (Å²) in [5.74, 6) is -3.68. The van der Waals surface area contributed by atoms with Gasteiger partial charge in [0.1, 0.15) is 5.75 Å². The third kappa shape index (κ3) is 3.00. The molecule has 0 fully saturated rings. The average Bonchev–Trinajstić information content (AvgIpc) is 2.13. The maximum absolute atomic E-state index is 12.9. The maximum Gasteiger partial charge on any atom is 0.387 e. The van der Waals surface area contributed by atoms with E-state index in [0.29, 0.717) is 0 Å². The molecule has 84 valence electrons. The van der Waals surface area contributed by atoms with Crippen molar-refractivity contribution in [3.63, 3.8) is 0 Å². The van der Waals surface area contributed by atoms with Gasteiger partial charge in [-0.15, -0.1) is 0 Å². The molecule has 1 aromatic carbocycles. The zero-order chi connectivity index (χ0) is 11.4. The minimum atomic E-state index is -3.21. The van der Waals surface area contributed by atoms with Crippen molar-refractivity contribution in [2.75, 3.05) is 6.61 Å². The van der Waals surface area contributed by atoms with E-state index in [1.807, 2.05) is 0 Å². The van der Waals surface area contributed by atoms with Crippen LogP contribution < -0.4 is 9.47 Å². The van der Waals surface area contributed by atoms with Crippen molar-refractivity contribution in [1.29, 1.82) is 0 Å². The van der Waals surface area contributed by atoms with Gasteiger partial charge in [0, 0.05) is 12.1 Å². The topological polar surface area (TPSA) is 18.5 Å². The van der Waals surface area contributed by atoms with Crippen LogP contribution >= 0.6 is 0 Å². The van der Waals surface area contributed by atoms with Crippen LogP contribution in [0.4, 0.5) is 17.6 Å². The van der Waals surface area contributed by atoms with E-state index in [9.17, 15) is 17.6 Å². The minimum Gasteiger partial charge on any atom is -0.494 e. The van der Waals surface area contributed by atoms with E-state index < -0.39 is 24.0 Å². The lowest BCUT2D eigenvalue weighted by atomic mass is 10.3. The zero-order valence-corrected chi connectivity index (χ0v) is 7.77. The van der Waals surface area contributed by atoms with Crippen molar-refractivity contribution in [3.05, 3.63) is 23.8 Å². The predicted octanol–water partition coefficient (Wildman–Crippen LogP) is 2.96. The number of halogens is 4. The van der Waals surface area contributed by atoms with E-state index in [4.69, 9.17) is 4.74 Å². The number of ether oxygens (including phenoxy) is 2. The Hall–Kier alpha value is -1.46. The molecule has 0 saturated heterocycles. The van der Waals surface area contributed by atoms with Gasteiger partial charge in [0.15, 0.2) is 11.6 Å². The molecular weight excluding hydrogens is 216 g/mol. The van der Waals surface area contributed by atoms with Crippen LogP contribution in [0.25, 0.3) is 0 Å². The van der Waals surface area contributed by atoms with Gasteiger partial charge in [-0.05, 0) is 6.92 Å². The molecule has 6 heteroatoms. The normalized spacial score (nSPS) is 10.5. The molecule has 0 atom stereocenters. The average molecular weight is 224 g/mol. The lowest BCUT2D eigenvalue weighted by molar-refractivity contribution is -0.0526. The van der Waals surface area contributed by atoms with Crippen LogP contribution in [0.2, 0.25) is 0 Å². The van der Waals surface area contributed by atoms with Gasteiger partial charge in [0.25, 0.3) is 0 Å². The van der Waals surface area contributed by atoms with E-state index in [2.05, 4.69) is 4.74 Å². The molecule has 0 N–H and O–H groups in total. The molecule has 2 nitrogen and oxygen atoms in total. The lowest BCUT2D eigenvalue weighted by Crippen LogP contribution is -2.05. The first-order chi connectivity index (χ1) is 7.04. The molecule has 1 aromatic rings. The summed E-state index contributed by atoms with van der Waals surface area (Å²) >= 11 is 0. The highest BCUT2D eigenvalue weighted by molar-refractivity contribution is 5.35. The van der Waals surface area contributed by atoms with Crippen molar-refractivity contribution in [3.8, 4) is 11.5 Å². The molecule has 0 bridgehead atoms. The molecule has 0 radical (unpaired) electrons. The third-order valence-electron chi connectivity index (χ3n) is 1.50. The largest absolute Gasteiger partial charge is 0.494 e. The zero-order valence-electron chi connectivity index (χ0n) is 7.77. The van der Waals surface area contributed by atoms with Gasteiger partial charge in [0.05, 0.1) is 6.61 Å². The van der Waals surface area contributed by atoms with E-state index in [1.165, 1.54) is 0 Å². The highest BCUT2D eigenvalue weighted by Crippen LogP contribution is 2.27. The Morgan fingerprint density at radius 2 is 1.93 bits per heavy atom. The van der Waals surface area contributed by atoms with E-state index in [0.717, 1.165) is 12.1 Å². The second-order valence-corrected chi connectivity index (χ2v) is 2.53. The summed E-state index contributed by atoms with van der Waals surface area (Å²) in [6.45, 7) is -1.38. The predicted molar refractivity (Wildman–Crippen MR) is 44.2 cm³/mol. The summed E-state index contributed by atoms with van der Waals surface area (Å²) in [7, 11) is 0. The first-order valence-corrected chi connectivity index (χ1v) is 4.11. The molecule has 0 aliphatic rings. The van der Waals surface area contributed by atoms with E-state index in [1.54, 1.807) is 6.92 Å². The van der Waals surface area contributed by atoms with Crippen molar-refractivity contribution < 1.29 is 27.0 Å². The second kappa shape index (κ2) is 4.86. The van der Waals surface area contributed by atoms with Crippen molar-refractivity contribution in [2.24, 2.45) is 0 Å². The first kappa shape index (κ1) is 11.6. The summed E-state index contributed by atoms with van der Waals surface area (Å²) in [4.78, 5) is 0. The van der Waals surface area contributed by atoms with Gasteiger partial charge < -0.3 is 9.47 Å². The smallest absolute Gasteiger partial charge is 0.387 e. The van der Waals surface area contributed by atoms with Crippen LogP contribution in [0.3, 0.4) is 0 Å². The van der Waals surface area contributed by atoms with Crippen LogP contribution in [0.15, 0.2) is 12.1 Å². The third-order valence-corrected chi connectivity index (χ3v) is 1.50. The van der Waals surface area contributed by atoms with Gasteiger partial charge in [0.2, 0.25) is 5.82 Å². The maximum atomic E-state index is 12.9. The minimum absolute atomic E-state index is 0.0629. The lowest BCUT2D eigenvalue weighted by Gasteiger charge is -2.09. The first-order valence-electron chi connectivity index (χ1n) is 4.11. The molecule has 1 rings (SSSR count). The van der Waals surface area contributed by atoms with Crippen LogP contribution in [0.5, 0.6) is 11.5 Å². The highest BCUT2D eigenvalue weighted by Gasteiger charge is 2.16. The molecule has 0 spiro atoms. The van der Waals surface area contributed by atoms with Gasteiger partial charge in [-0.2, -0.15) is 13.2 Å². The Morgan fingerprint density at radius 1 is 1.27 bits per heavy atom. The second-order valence-electron chi connectivity index (χ2n) is 2.53. The molecule has 0 aliphatic heterocycles. The molecule has 0 heterocycles. The fourth-order valence-corrected chi connectivity index (χ4v) is 0.972. The number of alkyl halides is 2. The van der Waals surface area contributed by atoms with Crippen LogP contribution in [-0.2, 0) is 0 Å². The quantitative estimate of drug-likeness (QED) is 0.732. The number of rotatable bonds is 4. The number of hydrogen-bond donors (Lipinski definition) is 0. The molecular formula is C9H8F4O2. The van der Waals surface area contributed by atoms with Gasteiger partial charge in [-0.25, -0.2) is 4.39 Å². The number of hydrogen-bond acceptors (Lipinski definition) is 2. The summed E-state index contributed by atoms with van der Waals surface area (Å²) in [5, 5.41) is 0. The fourth-order valence-electron chi connectivity index (χ4n) is 0.972. The van der Waals surface area contributed by atoms with Gasteiger partial charge in [-0.3, -0.25) is 0 Å². The van der Waals surface area contributed by atoms with Crippen molar-refractivity contribution in [1.82, 2.24) is 0 Å². The Labute approximate surface area is 83.4 Å². The Balaban J connectivity index is 3.01. The Kier molecular flexibility index (Phi) is 3.76. The molecule has 15 heavy (non-hydrogen) atoms. The van der Waals surface area contributed by atoms with Crippen LogP contribution in [-0.4, -0.2) is 13.2 Å². The van der Waals surface area contributed by atoms with Crippen molar-refractivity contribution >= 4 is 0 Å². The van der Waals surface area contributed by atoms with Crippen LogP contribution in [0.1, 0.15) is 6.92 Å². The van der Waals surface area contributed by atoms with E-state index >= 15 is 0 Å².